The van der Waals surface area contributed by atoms with Gasteiger partial charge < -0.3 is 0 Å². The molecule has 0 aliphatic heterocycles. The predicted octanol–water partition coefficient (Wildman–Crippen LogP) is 5.48. The molecule has 0 saturated carbocycles. The fourth-order valence-corrected chi connectivity index (χ4v) is 3.72. The van der Waals surface area contributed by atoms with E-state index in [-0.39, 0.29) is 0 Å². The van der Waals surface area contributed by atoms with Crippen LogP contribution in [0.5, 0.6) is 0 Å². The van der Waals surface area contributed by atoms with E-state index in [4.69, 9.17) is 0 Å². The van der Waals surface area contributed by atoms with Crippen LogP contribution in [0.2, 0.25) is 0 Å². The van der Waals surface area contributed by atoms with Crippen LogP contribution in [0.15, 0.2) is 11.1 Å². The van der Waals surface area contributed by atoms with Crippen molar-refractivity contribution in [2.45, 2.75) is 39.6 Å². The van der Waals surface area contributed by atoms with Crippen LogP contribution in [0.25, 0.3) is 0 Å². The molecule has 0 fully saturated rings. The van der Waals surface area contributed by atoms with Gasteiger partial charge in [0.2, 0.25) is 0 Å². The quantitative estimate of drug-likeness (QED) is 0.395. The van der Waals surface area contributed by atoms with Crippen LogP contribution in [0.3, 0.4) is 0 Å². The van der Waals surface area contributed by atoms with Gasteiger partial charge in [0.25, 0.3) is 0 Å². The number of rotatable bonds is 2. The molecule has 0 aromatic carbocycles. The normalized spacial score (nSPS) is 19.8. The lowest BCUT2D eigenvalue weighted by Crippen LogP contribution is -2.02. The van der Waals surface area contributed by atoms with E-state index in [0.29, 0.717) is 7.47 Å². The summed E-state index contributed by atoms with van der Waals surface area (Å²) in [5.74, 6) is 0. The summed E-state index contributed by atoms with van der Waals surface area (Å²) < 4.78 is 0.677. The molecule has 0 nitrogen and oxygen atoms in total. The number of halogens is 4. The number of alkyl halides is 4. The largest absolute Gasteiger partial charge is 0.0909 e. The molecule has 0 atom stereocenters. The van der Waals surface area contributed by atoms with Crippen molar-refractivity contribution in [1.82, 2.24) is 0 Å². The van der Waals surface area contributed by atoms with Crippen molar-refractivity contribution in [3.8, 4) is 0 Å². The maximum atomic E-state index is 3.60. The molecule has 0 unspecified atom stereocenters. The Morgan fingerprint density at radius 1 is 0.692 bits per heavy atom. The summed E-state index contributed by atoms with van der Waals surface area (Å²) >= 11 is 14.4. The molecule has 1 aliphatic rings. The SMILES string of the molecule is BrC(Br)C1=C(C(Br)Br)CCCCC1. The van der Waals surface area contributed by atoms with Crippen LogP contribution >= 0.6 is 63.7 Å². The highest BCUT2D eigenvalue weighted by atomic mass is 79.9. The second-order valence-electron chi connectivity index (χ2n) is 3.21. The van der Waals surface area contributed by atoms with Gasteiger partial charge in [-0.25, -0.2) is 0 Å². The number of hydrogen-bond donors (Lipinski definition) is 0. The van der Waals surface area contributed by atoms with Gasteiger partial charge in [0.15, 0.2) is 0 Å². The first-order valence-corrected chi connectivity index (χ1v) is 8.07. The molecule has 0 amide bonds. The van der Waals surface area contributed by atoms with Gasteiger partial charge in [-0.1, -0.05) is 70.1 Å². The average molecular weight is 440 g/mol. The highest BCUT2D eigenvalue weighted by Gasteiger charge is 2.19. The van der Waals surface area contributed by atoms with Gasteiger partial charge in [-0.15, -0.1) is 0 Å². The molecule has 0 radical (unpaired) electrons. The van der Waals surface area contributed by atoms with Crippen molar-refractivity contribution in [1.29, 1.82) is 0 Å². The fourth-order valence-electron chi connectivity index (χ4n) is 1.63. The first-order chi connectivity index (χ1) is 6.13. The van der Waals surface area contributed by atoms with Crippen molar-refractivity contribution >= 4 is 63.7 Å². The second kappa shape index (κ2) is 6.29. The fraction of sp³-hybridized carbons (Fsp3) is 0.778. The predicted molar refractivity (Wildman–Crippen MR) is 73.4 cm³/mol. The van der Waals surface area contributed by atoms with Crippen LogP contribution in [-0.4, -0.2) is 7.47 Å². The summed E-state index contributed by atoms with van der Waals surface area (Å²) in [7, 11) is 0. The van der Waals surface area contributed by atoms with Crippen LogP contribution in [0.4, 0.5) is 0 Å². The van der Waals surface area contributed by atoms with Gasteiger partial charge in [0.05, 0.1) is 7.47 Å². The minimum absolute atomic E-state index is 0.339. The van der Waals surface area contributed by atoms with Gasteiger partial charge >= 0.3 is 0 Å². The third-order valence-corrected chi connectivity index (χ3v) is 4.54. The number of allylic oxidation sites excluding steroid dienone is 2. The maximum Gasteiger partial charge on any atom is 0.0909 e. The Bertz CT molecular complexity index is 176. The van der Waals surface area contributed by atoms with Crippen molar-refractivity contribution < 1.29 is 0 Å². The molecule has 1 rings (SSSR count). The lowest BCUT2D eigenvalue weighted by Gasteiger charge is -2.15. The molecule has 4 heteroatoms. The molecule has 0 aromatic rings. The Kier molecular flexibility index (Phi) is 6.16. The molecule has 0 saturated heterocycles. The van der Waals surface area contributed by atoms with Crippen molar-refractivity contribution in [3.05, 3.63) is 11.1 Å². The lowest BCUT2D eigenvalue weighted by molar-refractivity contribution is 0.706. The highest BCUT2D eigenvalue weighted by Crippen LogP contribution is 2.37. The number of hydrogen-bond acceptors (Lipinski definition) is 0. The average Bonchev–Trinajstić information content (AvgIpc) is 2.27. The van der Waals surface area contributed by atoms with Gasteiger partial charge in [-0.05, 0) is 36.8 Å². The maximum absolute atomic E-state index is 3.60. The van der Waals surface area contributed by atoms with E-state index in [1.54, 1.807) is 0 Å². The Morgan fingerprint density at radius 2 is 1.08 bits per heavy atom. The van der Waals surface area contributed by atoms with Crippen LogP contribution in [-0.2, 0) is 0 Å². The summed E-state index contributed by atoms with van der Waals surface area (Å²) in [5.41, 5.74) is 3.02. The van der Waals surface area contributed by atoms with Gasteiger partial charge in [0.1, 0.15) is 0 Å². The first kappa shape index (κ1) is 12.7. The molecular formula is C9H12Br4. The van der Waals surface area contributed by atoms with Gasteiger partial charge in [0, 0.05) is 0 Å². The zero-order valence-electron chi connectivity index (χ0n) is 7.20. The Morgan fingerprint density at radius 3 is 1.38 bits per heavy atom. The third-order valence-electron chi connectivity index (χ3n) is 2.33. The van der Waals surface area contributed by atoms with E-state index in [1.807, 2.05) is 0 Å². The summed E-state index contributed by atoms with van der Waals surface area (Å²) in [6.45, 7) is 0. The van der Waals surface area contributed by atoms with E-state index in [9.17, 15) is 0 Å². The van der Waals surface area contributed by atoms with E-state index in [1.165, 1.54) is 43.3 Å². The van der Waals surface area contributed by atoms with E-state index in [0.717, 1.165) is 0 Å². The molecule has 0 bridgehead atoms. The molecule has 1 aliphatic carbocycles. The molecule has 13 heavy (non-hydrogen) atoms. The molecule has 76 valence electrons. The van der Waals surface area contributed by atoms with Crippen LogP contribution in [0.1, 0.15) is 32.1 Å². The summed E-state index contributed by atoms with van der Waals surface area (Å²) in [4.78, 5) is 0. The third kappa shape index (κ3) is 3.96. The van der Waals surface area contributed by atoms with E-state index >= 15 is 0 Å². The highest BCUT2D eigenvalue weighted by molar-refractivity contribution is 9.25. The second-order valence-corrected chi connectivity index (χ2v) is 9.33. The Hall–Kier alpha value is 1.66. The van der Waals surface area contributed by atoms with E-state index in [2.05, 4.69) is 63.7 Å². The van der Waals surface area contributed by atoms with Gasteiger partial charge in [-0.3, -0.25) is 0 Å². The smallest absolute Gasteiger partial charge is 0.0715 e. The van der Waals surface area contributed by atoms with Crippen molar-refractivity contribution in [2.75, 3.05) is 0 Å². The molecule has 0 N–H and O–H groups in total. The minimum Gasteiger partial charge on any atom is -0.0715 e. The van der Waals surface area contributed by atoms with Crippen LogP contribution in [0, 0.1) is 0 Å². The van der Waals surface area contributed by atoms with Gasteiger partial charge in [-0.2, -0.15) is 0 Å². The molecule has 0 spiro atoms. The topological polar surface area (TPSA) is 0 Å². The minimum atomic E-state index is 0.339. The molecule has 0 heterocycles. The summed E-state index contributed by atoms with van der Waals surface area (Å²) in [5, 5.41) is 0. The summed E-state index contributed by atoms with van der Waals surface area (Å²) in [6.07, 6.45) is 6.42. The Balaban J connectivity index is 2.85. The molecule has 0 aromatic heterocycles. The van der Waals surface area contributed by atoms with Crippen molar-refractivity contribution in [2.24, 2.45) is 0 Å². The lowest BCUT2D eigenvalue weighted by atomic mass is 10.1. The van der Waals surface area contributed by atoms with E-state index < -0.39 is 0 Å². The zero-order chi connectivity index (χ0) is 9.84. The monoisotopic (exact) mass is 436 g/mol. The Labute approximate surface area is 113 Å². The van der Waals surface area contributed by atoms with Crippen LogP contribution < -0.4 is 0 Å². The molecular weight excluding hydrogens is 428 g/mol. The standard InChI is InChI=1S/C9H12Br4/c10-8(11)6-4-2-1-3-5-7(6)9(12)13/h8-9H,1-5H2. The zero-order valence-corrected chi connectivity index (χ0v) is 13.5. The first-order valence-electron chi connectivity index (χ1n) is 4.41. The summed E-state index contributed by atoms with van der Waals surface area (Å²) in [6, 6.07) is 0. The van der Waals surface area contributed by atoms with Crippen molar-refractivity contribution in [3.63, 3.8) is 0 Å².